The Morgan fingerprint density at radius 2 is 2.08 bits per heavy atom. The van der Waals surface area contributed by atoms with Gasteiger partial charge in [0.2, 0.25) is 0 Å². The lowest BCUT2D eigenvalue weighted by Gasteiger charge is -2.22. The maximum absolute atomic E-state index is 12.6. The van der Waals surface area contributed by atoms with Gasteiger partial charge in [-0.05, 0) is 30.0 Å². The molecular weight excluding hydrogens is 336 g/mol. The van der Waals surface area contributed by atoms with Crippen LogP contribution in [0, 0.1) is 0 Å². The van der Waals surface area contributed by atoms with Gasteiger partial charge >= 0.3 is 0 Å². The largest absolute Gasteiger partial charge is 0.353 e. The Bertz CT molecular complexity index is 875. The van der Waals surface area contributed by atoms with Crippen LogP contribution in [0.25, 0.3) is 5.65 Å². The van der Waals surface area contributed by atoms with E-state index in [1.54, 1.807) is 11.3 Å². The van der Waals surface area contributed by atoms with E-state index >= 15 is 0 Å². The highest BCUT2D eigenvalue weighted by atomic mass is 32.1. The van der Waals surface area contributed by atoms with Crippen molar-refractivity contribution in [2.24, 2.45) is 0 Å². The molecule has 25 heavy (non-hydrogen) atoms. The molecule has 3 aromatic rings. The third-order valence-electron chi connectivity index (χ3n) is 4.50. The van der Waals surface area contributed by atoms with Crippen LogP contribution in [-0.2, 0) is 6.42 Å². The molecule has 0 radical (unpaired) electrons. The van der Waals surface area contributed by atoms with Gasteiger partial charge in [0.05, 0.1) is 5.56 Å². The van der Waals surface area contributed by atoms with Gasteiger partial charge in [-0.2, -0.15) is 15.9 Å². The van der Waals surface area contributed by atoms with Crippen molar-refractivity contribution in [1.82, 2.24) is 24.7 Å². The van der Waals surface area contributed by atoms with Crippen molar-refractivity contribution in [1.29, 1.82) is 0 Å². The predicted molar refractivity (Wildman–Crippen MR) is 97.2 cm³/mol. The van der Waals surface area contributed by atoms with Crippen LogP contribution >= 0.6 is 11.3 Å². The monoisotopic (exact) mass is 356 g/mol. The number of hydrogen-bond acceptors (Lipinski definition) is 6. The van der Waals surface area contributed by atoms with Gasteiger partial charge in [0.1, 0.15) is 5.82 Å². The van der Waals surface area contributed by atoms with E-state index in [2.05, 4.69) is 15.1 Å². The van der Waals surface area contributed by atoms with Gasteiger partial charge in [-0.3, -0.25) is 4.79 Å². The maximum Gasteiger partial charge on any atom is 0.254 e. The molecule has 3 aromatic heterocycles. The van der Waals surface area contributed by atoms with Crippen molar-refractivity contribution in [2.75, 3.05) is 31.1 Å². The van der Waals surface area contributed by atoms with Crippen molar-refractivity contribution in [3.63, 3.8) is 0 Å². The predicted octanol–water partition coefficient (Wildman–Crippen LogP) is 2.10. The Kier molecular flexibility index (Phi) is 4.35. The summed E-state index contributed by atoms with van der Waals surface area (Å²) in [7, 11) is 0. The Morgan fingerprint density at radius 1 is 1.16 bits per heavy atom. The van der Waals surface area contributed by atoms with Crippen molar-refractivity contribution >= 4 is 28.7 Å². The van der Waals surface area contributed by atoms with Crippen LogP contribution in [0.1, 0.15) is 29.5 Å². The Morgan fingerprint density at radius 3 is 2.88 bits per heavy atom. The first-order chi connectivity index (χ1) is 12.3. The first-order valence-electron chi connectivity index (χ1n) is 8.54. The van der Waals surface area contributed by atoms with Gasteiger partial charge in [0, 0.05) is 38.0 Å². The Balaban J connectivity index is 1.51. The quantitative estimate of drug-likeness (QED) is 0.719. The number of aromatic nitrogens is 4. The van der Waals surface area contributed by atoms with E-state index in [0.717, 1.165) is 55.3 Å². The minimum Gasteiger partial charge on any atom is -0.353 e. The van der Waals surface area contributed by atoms with Crippen LogP contribution in [0.2, 0.25) is 0 Å². The van der Waals surface area contributed by atoms with Gasteiger partial charge in [0.15, 0.2) is 11.5 Å². The second kappa shape index (κ2) is 6.79. The zero-order valence-corrected chi connectivity index (χ0v) is 14.9. The van der Waals surface area contributed by atoms with E-state index in [4.69, 9.17) is 5.10 Å². The smallest absolute Gasteiger partial charge is 0.254 e. The minimum atomic E-state index is 0.124. The zero-order valence-electron chi connectivity index (χ0n) is 14.1. The molecule has 0 saturated carbocycles. The molecule has 0 unspecified atom stereocenters. The number of hydrogen-bond donors (Lipinski definition) is 0. The number of fused-ring (bicyclic) bond motifs is 1. The molecule has 0 N–H and O–H groups in total. The van der Waals surface area contributed by atoms with Gasteiger partial charge in [0.25, 0.3) is 5.91 Å². The van der Waals surface area contributed by atoms with Crippen LogP contribution < -0.4 is 4.90 Å². The first kappa shape index (κ1) is 16.0. The molecule has 4 heterocycles. The van der Waals surface area contributed by atoms with Gasteiger partial charge in [-0.15, -0.1) is 15.3 Å². The molecule has 0 atom stereocenters. The number of rotatable bonds is 3. The average molecular weight is 356 g/mol. The molecule has 0 spiro atoms. The van der Waals surface area contributed by atoms with Crippen LogP contribution in [0.15, 0.2) is 29.0 Å². The molecule has 4 rings (SSSR count). The molecule has 7 nitrogen and oxygen atoms in total. The van der Waals surface area contributed by atoms with Crippen molar-refractivity contribution in [3.05, 3.63) is 40.3 Å². The molecule has 130 valence electrons. The van der Waals surface area contributed by atoms with Crippen LogP contribution in [0.5, 0.6) is 0 Å². The number of anilines is 1. The fraction of sp³-hybridized carbons (Fsp3) is 0.412. The zero-order chi connectivity index (χ0) is 17.2. The van der Waals surface area contributed by atoms with E-state index in [1.807, 2.05) is 45.3 Å². The van der Waals surface area contributed by atoms with Gasteiger partial charge in [-0.25, -0.2) is 0 Å². The molecular formula is C17H20N6OS. The summed E-state index contributed by atoms with van der Waals surface area (Å²) in [6, 6.07) is 5.83. The average Bonchev–Trinajstić information content (AvgIpc) is 3.25. The summed E-state index contributed by atoms with van der Waals surface area (Å²) in [6.07, 6.45) is 1.72. The van der Waals surface area contributed by atoms with E-state index in [0.29, 0.717) is 6.54 Å². The van der Waals surface area contributed by atoms with E-state index in [-0.39, 0.29) is 5.91 Å². The lowest BCUT2D eigenvalue weighted by atomic mass is 10.3. The molecule has 1 amide bonds. The number of aryl methyl sites for hydroxylation is 1. The summed E-state index contributed by atoms with van der Waals surface area (Å²) in [5, 5.41) is 16.9. The summed E-state index contributed by atoms with van der Waals surface area (Å²) in [5.74, 6) is 1.89. The lowest BCUT2D eigenvalue weighted by molar-refractivity contribution is 0.0767. The van der Waals surface area contributed by atoms with Crippen molar-refractivity contribution in [3.8, 4) is 0 Å². The van der Waals surface area contributed by atoms with Gasteiger partial charge in [-0.1, -0.05) is 6.92 Å². The van der Waals surface area contributed by atoms with E-state index in [9.17, 15) is 4.79 Å². The molecule has 1 aliphatic rings. The second-order valence-electron chi connectivity index (χ2n) is 6.08. The standard InChI is InChI=1S/C17H20N6OS/c1-2-14-18-19-15-4-5-16(20-23(14)15)21-7-3-8-22(10-9-21)17(24)13-6-11-25-12-13/h4-6,11-12H,2-3,7-10H2,1H3. The number of thiophene rings is 1. The first-order valence-corrected chi connectivity index (χ1v) is 9.48. The number of nitrogens with zero attached hydrogens (tertiary/aromatic N) is 6. The number of carbonyl (C=O) groups is 1. The van der Waals surface area contributed by atoms with E-state index in [1.165, 1.54) is 0 Å². The summed E-state index contributed by atoms with van der Waals surface area (Å²) >= 11 is 1.56. The summed E-state index contributed by atoms with van der Waals surface area (Å²) < 4.78 is 1.81. The number of carbonyl (C=O) groups excluding carboxylic acids is 1. The minimum absolute atomic E-state index is 0.124. The highest BCUT2D eigenvalue weighted by Gasteiger charge is 2.21. The molecule has 1 fully saturated rings. The second-order valence-corrected chi connectivity index (χ2v) is 6.86. The van der Waals surface area contributed by atoms with Crippen LogP contribution in [-0.4, -0.2) is 56.8 Å². The van der Waals surface area contributed by atoms with Crippen molar-refractivity contribution in [2.45, 2.75) is 19.8 Å². The maximum atomic E-state index is 12.6. The Hall–Kier alpha value is -2.48. The molecule has 1 aliphatic heterocycles. The third-order valence-corrected chi connectivity index (χ3v) is 5.19. The fourth-order valence-corrected chi connectivity index (χ4v) is 3.76. The number of amides is 1. The normalized spacial score (nSPS) is 15.6. The summed E-state index contributed by atoms with van der Waals surface area (Å²) in [4.78, 5) is 16.7. The third kappa shape index (κ3) is 3.09. The van der Waals surface area contributed by atoms with Gasteiger partial charge < -0.3 is 9.80 Å². The summed E-state index contributed by atoms with van der Waals surface area (Å²) in [6.45, 7) is 5.19. The SMILES string of the molecule is CCc1nnc2ccc(N3CCCN(C(=O)c4ccsc4)CC3)nn12. The van der Waals surface area contributed by atoms with Crippen LogP contribution in [0.4, 0.5) is 5.82 Å². The highest BCUT2D eigenvalue weighted by molar-refractivity contribution is 7.08. The Labute approximate surface area is 149 Å². The van der Waals surface area contributed by atoms with Crippen LogP contribution in [0.3, 0.4) is 0 Å². The summed E-state index contributed by atoms with van der Waals surface area (Å²) in [5.41, 5.74) is 1.56. The highest BCUT2D eigenvalue weighted by Crippen LogP contribution is 2.17. The topological polar surface area (TPSA) is 66.6 Å². The molecule has 1 saturated heterocycles. The van der Waals surface area contributed by atoms with E-state index < -0.39 is 0 Å². The molecule has 0 aromatic carbocycles. The molecule has 8 heteroatoms. The molecule has 0 aliphatic carbocycles. The lowest BCUT2D eigenvalue weighted by Crippen LogP contribution is -2.35. The van der Waals surface area contributed by atoms with Crippen molar-refractivity contribution < 1.29 is 4.79 Å². The molecule has 0 bridgehead atoms. The fourth-order valence-electron chi connectivity index (χ4n) is 3.13.